The minimum Gasteiger partial charge on any atom is -0.455 e. The molecule has 0 fully saturated rings. The van der Waals surface area contributed by atoms with Crippen molar-refractivity contribution < 1.29 is 9.13 Å². The van der Waals surface area contributed by atoms with E-state index in [0.29, 0.717) is 11.5 Å². The van der Waals surface area contributed by atoms with Crippen LogP contribution < -0.4 is 10.5 Å². The molecule has 1 aromatic heterocycles. The monoisotopic (exact) mass is 204 g/mol. The average molecular weight is 204 g/mol. The van der Waals surface area contributed by atoms with Gasteiger partial charge in [0.1, 0.15) is 11.6 Å². The molecule has 0 radical (unpaired) electrons. The van der Waals surface area contributed by atoms with E-state index in [1.165, 1.54) is 18.2 Å². The molecule has 2 N–H and O–H groups in total. The number of nitrogens with zero attached hydrogens (tertiary/aromatic N) is 1. The summed E-state index contributed by atoms with van der Waals surface area (Å²) in [5, 5.41) is 0. The highest BCUT2D eigenvalue weighted by molar-refractivity contribution is 5.53. The Kier molecular flexibility index (Phi) is 2.49. The zero-order chi connectivity index (χ0) is 10.7. The van der Waals surface area contributed by atoms with E-state index in [1.807, 2.05) is 0 Å². The Bertz CT molecular complexity index is 459. The summed E-state index contributed by atoms with van der Waals surface area (Å²) >= 11 is 0. The Balaban J connectivity index is 2.25. The van der Waals surface area contributed by atoms with Gasteiger partial charge in [-0.15, -0.1) is 0 Å². The number of hydrogen-bond donors (Lipinski definition) is 1. The molecule has 0 aliphatic heterocycles. The number of hydrogen-bond acceptors (Lipinski definition) is 3. The molecule has 3 nitrogen and oxygen atoms in total. The fraction of sp³-hybridized carbons (Fsp3) is 0. The standard InChI is InChI=1S/C11H9FN2O/c12-8-1-2-11(10(13)7-8)15-9-3-5-14-6-4-9/h1-7H,13H2. The second kappa shape index (κ2) is 3.96. The van der Waals surface area contributed by atoms with Gasteiger partial charge in [0, 0.05) is 18.5 Å². The van der Waals surface area contributed by atoms with Crippen LogP contribution >= 0.6 is 0 Å². The molecule has 0 saturated heterocycles. The molecule has 0 spiro atoms. The average Bonchev–Trinajstić information content (AvgIpc) is 2.24. The predicted octanol–water partition coefficient (Wildman–Crippen LogP) is 2.60. The van der Waals surface area contributed by atoms with Crippen molar-refractivity contribution in [3.05, 3.63) is 48.5 Å². The Morgan fingerprint density at radius 2 is 1.87 bits per heavy atom. The number of rotatable bonds is 2. The number of nitrogens with two attached hydrogens (primary N) is 1. The molecule has 0 atom stereocenters. The first-order valence-electron chi connectivity index (χ1n) is 4.38. The molecule has 0 unspecified atom stereocenters. The SMILES string of the molecule is Nc1cc(F)ccc1Oc1ccncc1. The van der Waals surface area contributed by atoms with Crippen molar-refractivity contribution >= 4 is 5.69 Å². The lowest BCUT2D eigenvalue weighted by Crippen LogP contribution is -1.92. The zero-order valence-corrected chi connectivity index (χ0v) is 7.85. The van der Waals surface area contributed by atoms with E-state index in [0.717, 1.165) is 0 Å². The summed E-state index contributed by atoms with van der Waals surface area (Å²) < 4.78 is 18.2. The maximum Gasteiger partial charge on any atom is 0.150 e. The predicted molar refractivity (Wildman–Crippen MR) is 55.1 cm³/mol. The van der Waals surface area contributed by atoms with Crippen molar-refractivity contribution in [3.63, 3.8) is 0 Å². The molecule has 0 bridgehead atoms. The van der Waals surface area contributed by atoms with Gasteiger partial charge in [-0.1, -0.05) is 0 Å². The molecular weight excluding hydrogens is 195 g/mol. The lowest BCUT2D eigenvalue weighted by molar-refractivity contribution is 0.482. The van der Waals surface area contributed by atoms with E-state index in [9.17, 15) is 4.39 Å². The van der Waals surface area contributed by atoms with Crippen LogP contribution in [0.1, 0.15) is 0 Å². The summed E-state index contributed by atoms with van der Waals surface area (Å²) in [6.07, 6.45) is 3.21. The van der Waals surface area contributed by atoms with Gasteiger partial charge in [0.25, 0.3) is 0 Å². The normalized spacial score (nSPS) is 9.93. The van der Waals surface area contributed by atoms with Crippen LogP contribution in [0.3, 0.4) is 0 Å². The van der Waals surface area contributed by atoms with Gasteiger partial charge in [0.2, 0.25) is 0 Å². The Morgan fingerprint density at radius 3 is 2.53 bits per heavy atom. The minimum atomic E-state index is -0.380. The number of pyridine rings is 1. The van der Waals surface area contributed by atoms with Gasteiger partial charge >= 0.3 is 0 Å². The third-order valence-corrected chi connectivity index (χ3v) is 1.85. The number of benzene rings is 1. The van der Waals surface area contributed by atoms with Crippen molar-refractivity contribution in [2.75, 3.05) is 5.73 Å². The molecule has 0 aliphatic carbocycles. The summed E-state index contributed by atoms with van der Waals surface area (Å²) in [6.45, 7) is 0. The number of nitrogen functional groups attached to an aromatic ring is 1. The van der Waals surface area contributed by atoms with Crippen molar-refractivity contribution in [2.45, 2.75) is 0 Å². The second-order valence-electron chi connectivity index (χ2n) is 2.97. The van der Waals surface area contributed by atoms with E-state index in [4.69, 9.17) is 10.5 Å². The van der Waals surface area contributed by atoms with Crippen molar-refractivity contribution in [3.8, 4) is 11.5 Å². The third-order valence-electron chi connectivity index (χ3n) is 1.85. The number of anilines is 1. The maximum atomic E-state index is 12.7. The van der Waals surface area contributed by atoms with Crippen LogP contribution in [0.2, 0.25) is 0 Å². The largest absolute Gasteiger partial charge is 0.455 e. The van der Waals surface area contributed by atoms with E-state index in [-0.39, 0.29) is 11.5 Å². The summed E-state index contributed by atoms with van der Waals surface area (Å²) in [6, 6.07) is 7.40. The quantitative estimate of drug-likeness (QED) is 0.765. The van der Waals surface area contributed by atoms with Crippen LogP contribution in [0.5, 0.6) is 11.5 Å². The molecule has 2 rings (SSSR count). The van der Waals surface area contributed by atoms with Crippen LogP contribution in [0.4, 0.5) is 10.1 Å². The molecule has 0 aliphatic rings. The first-order valence-corrected chi connectivity index (χ1v) is 4.38. The summed E-state index contributed by atoms with van der Waals surface area (Å²) in [7, 11) is 0. The van der Waals surface area contributed by atoms with E-state index >= 15 is 0 Å². The van der Waals surface area contributed by atoms with Crippen LogP contribution in [-0.4, -0.2) is 4.98 Å². The van der Waals surface area contributed by atoms with Crippen LogP contribution in [-0.2, 0) is 0 Å². The lowest BCUT2D eigenvalue weighted by atomic mass is 10.3. The summed E-state index contributed by atoms with van der Waals surface area (Å²) in [5.74, 6) is 0.667. The number of halogens is 1. The van der Waals surface area contributed by atoms with Gasteiger partial charge < -0.3 is 10.5 Å². The summed E-state index contributed by atoms with van der Waals surface area (Å²) in [4.78, 5) is 3.85. The Hall–Kier alpha value is -2.10. The number of ether oxygens (including phenoxy) is 1. The molecule has 0 amide bonds. The number of aromatic nitrogens is 1. The van der Waals surface area contributed by atoms with Crippen molar-refractivity contribution in [1.82, 2.24) is 4.98 Å². The summed E-state index contributed by atoms with van der Waals surface area (Å²) in [5.41, 5.74) is 5.86. The Morgan fingerprint density at radius 1 is 1.13 bits per heavy atom. The molecular formula is C11H9FN2O. The highest BCUT2D eigenvalue weighted by Crippen LogP contribution is 2.27. The van der Waals surface area contributed by atoms with E-state index in [2.05, 4.69) is 4.98 Å². The first-order chi connectivity index (χ1) is 7.25. The highest BCUT2D eigenvalue weighted by Gasteiger charge is 2.02. The third kappa shape index (κ3) is 2.22. The maximum absolute atomic E-state index is 12.7. The van der Waals surface area contributed by atoms with Gasteiger partial charge in [0.05, 0.1) is 5.69 Å². The molecule has 15 heavy (non-hydrogen) atoms. The molecule has 2 aromatic rings. The van der Waals surface area contributed by atoms with Gasteiger partial charge in [-0.25, -0.2) is 4.39 Å². The van der Waals surface area contributed by atoms with Crippen LogP contribution in [0, 0.1) is 5.82 Å². The zero-order valence-electron chi connectivity index (χ0n) is 7.85. The molecule has 76 valence electrons. The topological polar surface area (TPSA) is 48.1 Å². The highest BCUT2D eigenvalue weighted by atomic mass is 19.1. The van der Waals surface area contributed by atoms with Crippen LogP contribution in [0.25, 0.3) is 0 Å². The lowest BCUT2D eigenvalue weighted by Gasteiger charge is -2.07. The molecule has 1 aromatic carbocycles. The fourth-order valence-electron chi connectivity index (χ4n) is 1.15. The van der Waals surface area contributed by atoms with Crippen molar-refractivity contribution in [1.29, 1.82) is 0 Å². The fourth-order valence-corrected chi connectivity index (χ4v) is 1.15. The van der Waals surface area contributed by atoms with Gasteiger partial charge in [-0.3, -0.25) is 4.98 Å². The Labute approximate surface area is 86.3 Å². The molecule has 0 saturated carbocycles. The van der Waals surface area contributed by atoms with E-state index < -0.39 is 0 Å². The second-order valence-corrected chi connectivity index (χ2v) is 2.97. The smallest absolute Gasteiger partial charge is 0.150 e. The van der Waals surface area contributed by atoms with E-state index in [1.54, 1.807) is 24.5 Å². The first kappa shape index (κ1) is 9.45. The van der Waals surface area contributed by atoms with Crippen molar-refractivity contribution in [2.24, 2.45) is 0 Å². The van der Waals surface area contributed by atoms with Crippen LogP contribution in [0.15, 0.2) is 42.7 Å². The van der Waals surface area contributed by atoms with Gasteiger partial charge in [-0.2, -0.15) is 0 Å². The molecule has 4 heteroatoms. The van der Waals surface area contributed by atoms with Gasteiger partial charge in [0.15, 0.2) is 5.75 Å². The minimum absolute atomic E-state index is 0.270. The molecule has 1 heterocycles. The van der Waals surface area contributed by atoms with Gasteiger partial charge in [-0.05, 0) is 24.3 Å².